The van der Waals surface area contributed by atoms with Crippen molar-refractivity contribution in [3.05, 3.63) is 35.4 Å². The first-order chi connectivity index (χ1) is 11.7. The summed E-state index contributed by atoms with van der Waals surface area (Å²) < 4.78 is 6.18. The van der Waals surface area contributed by atoms with Crippen LogP contribution in [0.15, 0.2) is 24.3 Å². The van der Waals surface area contributed by atoms with E-state index in [4.69, 9.17) is 4.74 Å². The molecule has 1 saturated heterocycles. The third-order valence-corrected chi connectivity index (χ3v) is 7.18. The highest BCUT2D eigenvalue weighted by Gasteiger charge is 2.64. The highest BCUT2D eigenvalue weighted by Crippen LogP contribution is 2.62. The molecule has 2 N–H and O–H groups in total. The summed E-state index contributed by atoms with van der Waals surface area (Å²) in [6.07, 6.45) is 8.14. The molecule has 1 aromatic rings. The first-order valence-corrected chi connectivity index (χ1v) is 9.31. The Balaban J connectivity index is 1.54. The zero-order chi connectivity index (χ0) is 16.1. The molecule has 6 rings (SSSR count). The number of benzene rings is 1. The molecule has 1 aromatic carbocycles. The molecule has 24 heavy (non-hydrogen) atoms. The van der Waals surface area contributed by atoms with Crippen molar-refractivity contribution in [3.63, 3.8) is 0 Å². The van der Waals surface area contributed by atoms with E-state index in [1.54, 1.807) is 6.07 Å². The molecule has 2 heterocycles. The Kier molecular flexibility index (Phi) is 2.49. The van der Waals surface area contributed by atoms with Crippen LogP contribution in [0.3, 0.4) is 0 Å². The normalized spacial score (nSPS) is 41.9. The lowest BCUT2D eigenvalue weighted by Crippen LogP contribution is -2.65. The molecule has 0 unspecified atom stereocenters. The van der Waals surface area contributed by atoms with Crippen molar-refractivity contribution in [2.75, 3.05) is 13.1 Å². The number of likely N-dealkylation sites (tertiary alicyclic amines) is 1. The summed E-state index contributed by atoms with van der Waals surface area (Å²) in [6.45, 7) is 2.30. The van der Waals surface area contributed by atoms with Gasteiger partial charge in [-0.2, -0.15) is 0 Å². The number of aliphatic hydroxyl groups excluding tert-OH is 1. The van der Waals surface area contributed by atoms with Crippen LogP contribution < -0.4 is 4.74 Å². The smallest absolute Gasteiger partial charge is 0.165 e. The predicted molar refractivity (Wildman–Crippen MR) is 89.2 cm³/mol. The molecular formula is C20H23NO3. The molecule has 4 heteroatoms. The SMILES string of the molecule is Oc1ccc2c3c1O[C@H]1[C@H](O)C=C[C@H]4[C@@H](C2)N(CC2CC2)CC[C@@]341. The number of phenolic OH excluding ortho intramolecular Hbond substituents is 1. The van der Waals surface area contributed by atoms with Gasteiger partial charge < -0.3 is 14.9 Å². The lowest BCUT2D eigenvalue weighted by molar-refractivity contribution is -0.0525. The second-order valence-corrected chi connectivity index (χ2v) is 8.39. The molecular weight excluding hydrogens is 302 g/mol. The number of rotatable bonds is 2. The van der Waals surface area contributed by atoms with E-state index in [1.807, 2.05) is 6.08 Å². The van der Waals surface area contributed by atoms with Gasteiger partial charge in [0, 0.05) is 29.5 Å². The van der Waals surface area contributed by atoms with Crippen molar-refractivity contribution >= 4 is 0 Å². The van der Waals surface area contributed by atoms with Crippen molar-refractivity contribution in [2.45, 2.75) is 49.3 Å². The number of piperidine rings is 1. The average molecular weight is 325 g/mol. The number of hydrogen-bond donors (Lipinski definition) is 2. The first-order valence-electron chi connectivity index (χ1n) is 9.31. The van der Waals surface area contributed by atoms with Crippen molar-refractivity contribution in [1.29, 1.82) is 0 Å². The summed E-state index contributed by atoms with van der Waals surface area (Å²) in [4.78, 5) is 2.69. The molecule has 0 radical (unpaired) electrons. The number of nitrogens with zero attached hydrogens (tertiary/aromatic N) is 1. The lowest BCUT2D eigenvalue weighted by atomic mass is 9.53. The second-order valence-electron chi connectivity index (χ2n) is 8.39. The van der Waals surface area contributed by atoms with E-state index in [2.05, 4.69) is 17.0 Å². The molecule has 2 bridgehead atoms. The highest BCUT2D eigenvalue weighted by atomic mass is 16.5. The minimum absolute atomic E-state index is 0.152. The maximum absolute atomic E-state index is 10.6. The Labute approximate surface area is 141 Å². The molecule has 3 aliphatic carbocycles. The van der Waals surface area contributed by atoms with Gasteiger partial charge in [-0.05, 0) is 49.8 Å². The standard InChI is InChI=1S/C20H23NO3/c22-15-5-3-12-9-14-13-4-6-16(23)19-20(13,17(12)18(15)24-19)7-8-21(14)10-11-1-2-11/h3-6,11,13-14,16,19,22-23H,1-2,7-10H2/t13-,14+,16+,19-,20-/m0/s1. The molecule has 2 fully saturated rings. The molecule has 5 atom stereocenters. The van der Waals surface area contributed by atoms with Gasteiger partial charge in [0.05, 0.1) is 0 Å². The van der Waals surface area contributed by atoms with Crippen molar-refractivity contribution in [3.8, 4) is 11.5 Å². The quantitative estimate of drug-likeness (QED) is 0.817. The van der Waals surface area contributed by atoms with Gasteiger partial charge in [0.2, 0.25) is 0 Å². The highest BCUT2D eigenvalue weighted by molar-refractivity contribution is 5.61. The minimum atomic E-state index is -0.588. The van der Waals surface area contributed by atoms with Crippen molar-refractivity contribution < 1.29 is 14.9 Å². The summed E-state index contributed by atoms with van der Waals surface area (Å²) in [5, 5.41) is 20.9. The zero-order valence-corrected chi connectivity index (χ0v) is 13.7. The van der Waals surface area contributed by atoms with E-state index in [0.29, 0.717) is 17.7 Å². The van der Waals surface area contributed by atoms with Gasteiger partial charge in [0.1, 0.15) is 12.2 Å². The van der Waals surface area contributed by atoms with E-state index in [0.717, 1.165) is 25.3 Å². The van der Waals surface area contributed by atoms with Crippen LogP contribution in [0.25, 0.3) is 0 Å². The van der Waals surface area contributed by atoms with Crippen LogP contribution in [-0.4, -0.2) is 46.5 Å². The van der Waals surface area contributed by atoms with Crippen LogP contribution in [0.5, 0.6) is 11.5 Å². The third kappa shape index (κ3) is 1.52. The molecule has 126 valence electrons. The zero-order valence-electron chi connectivity index (χ0n) is 13.7. The van der Waals surface area contributed by atoms with Crippen molar-refractivity contribution in [1.82, 2.24) is 4.90 Å². The summed E-state index contributed by atoms with van der Waals surface area (Å²) in [6, 6.07) is 4.34. The van der Waals surface area contributed by atoms with E-state index in [9.17, 15) is 10.2 Å². The first kappa shape index (κ1) is 13.7. The lowest BCUT2D eigenvalue weighted by Gasteiger charge is -2.57. The Morgan fingerprint density at radius 3 is 2.96 bits per heavy atom. The van der Waals surface area contributed by atoms with E-state index in [1.165, 1.54) is 30.5 Å². The van der Waals surface area contributed by atoms with Crippen LogP contribution >= 0.6 is 0 Å². The monoisotopic (exact) mass is 325 g/mol. The third-order valence-electron chi connectivity index (χ3n) is 7.18. The maximum Gasteiger partial charge on any atom is 0.165 e. The fourth-order valence-electron chi connectivity index (χ4n) is 5.99. The molecule has 2 aliphatic heterocycles. The van der Waals surface area contributed by atoms with Crippen LogP contribution in [0.2, 0.25) is 0 Å². The van der Waals surface area contributed by atoms with Gasteiger partial charge in [-0.15, -0.1) is 0 Å². The molecule has 0 amide bonds. The number of phenols is 1. The number of hydrogen-bond acceptors (Lipinski definition) is 4. The van der Waals surface area contributed by atoms with Crippen LogP contribution in [-0.2, 0) is 11.8 Å². The maximum atomic E-state index is 10.6. The predicted octanol–water partition coefficient (Wildman–Crippen LogP) is 1.98. The molecule has 5 aliphatic rings. The van der Waals surface area contributed by atoms with Gasteiger partial charge in [0.15, 0.2) is 11.5 Å². The summed E-state index contributed by atoms with van der Waals surface area (Å²) in [7, 11) is 0. The van der Waals surface area contributed by atoms with E-state index < -0.39 is 6.10 Å². The Hall–Kier alpha value is -1.52. The van der Waals surface area contributed by atoms with Gasteiger partial charge in [-0.1, -0.05) is 18.2 Å². The molecule has 1 saturated carbocycles. The average Bonchev–Trinajstić information content (AvgIpc) is 3.32. The van der Waals surface area contributed by atoms with Gasteiger partial charge in [0.25, 0.3) is 0 Å². The number of ether oxygens (including phenoxy) is 1. The van der Waals surface area contributed by atoms with Gasteiger partial charge in [-0.3, -0.25) is 4.90 Å². The van der Waals surface area contributed by atoms with Gasteiger partial charge in [-0.25, -0.2) is 0 Å². The molecule has 0 aromatic heterocycles. The van der Waals surface area contributed by atoms with Gasteiger partial charge >= 0.3 is 0 Å². The Bertz CT molecular complexity index is 755. The number of aromatic hydroxyl groups is 1. The van der Waals surface area contributed by atoms with E-state index >= 15 is 0 Å². The Morgan fingerprint density at radius 1 is 1.25 bits per heavy atom. The van der Waals surface area contributed by atoms with Crippen LogP contribution in [0.1, 0.15) is 30.4 Å². The summed E-state index contributed by atoms with van der Waals surface area (Å²) >= 11 is 0. The topological polar surface area (TPSA) is 52.9 Å². The summed E-state index contributed by atoms with van der Waals surface area (Å²) in [5.41, 5.74) is 2.36. The fraction of sp³-hybridized carbons (Fsp3) is 0.600. The van der Waals surface area contributed by atoms with Crippen molar-refractivity contribution in [2.24, 2.45) is 11.8 Å². The minimum Gasteiger partial charge on any atom is -0.504 e. The number of aliphatic hydroxyl groups is 1. The molecule has 4 nitrogen and oxygen atoms in total. The Morgan fingerprint density at radius 2 is 2.12 bits per heavy atom. The largest absolute Gasteiger partial charge is 0.504 e. The fourth-order valence-corrected chi connectivity index (χ4v) is 5.99. The van der Waals surface area contributed by atoms with Crippen LogP contribution in [0, 0.1) is 11.8 Å². The van der Waals surface area contributed by atoms with E-state index in [-0.39, 0.29) is 17.3 Å². The summed E-state index contributed by atoms with van der Waals surface area (Å²) in [5.74, 6) is 2.14. The second kappa shape index (κ2) is 4.36. The van der Waals surface area contributed by atoms with Crippen LogP contribution in [0.4, 0.5) is 0 Å². The molecule has 1 spiro atoms.